The smallest absolute Gasteiger partial charge is 0.227 e. The SMILES string of the molecule is COC[C@H]1CN(C(=O)Cc2ccsc2)Cc2c1cnn2C. The van der Waals surface area contributed by atoms with Gasteiger partial charge >= 0.3 is 0 Å². The maximum Gasteiger partial charge on any atom is 0.227 e. The zero-order chi connectivity index (χ0) is 14.8. The molecule has 112 valence electrons. The van der Waals surface area contributed by atoms with E-state index in [1.165, 1.54) is 5.56 Å². The van der Waals surface area contributed by atoms with Crippen LogP contribution in [0.15, 0.2) is 23.0 Å². The Hall–Kier alpha value is -1.66. The molecule has 3 rings (SSSR count). The number of thiophene rings is 1. The van der Waals surface area contributed by atoms with Gasteiger partial charge in [0.1, 0.15) is 0 Å². The van der Waals surface area contributed by atoms with Gasteiger partial charge in [0.05, 0.1) is 31.5 Å². The second-order valence-electron chi connectivity index (χ2n) is 5.41. The highest BCUT2D eigenvalue weighted by molar-refractivity contribution is 7.07. The van der Waals surface area contributed by atoms with E-state index in [1.54, 1.807) is 18.4 Å². The topological polar surface area (TPSA) is 47.4 Å². The Labute approximate surface area is 128 Å². The fourth-order valence-electron chi connectivity index (χ4n) is 2.84. The van der Waals surface area contributed by atoms with Crippen LogP contribution < -0.4 is 0 Å². The lowest BCUT2D eigenvalue weighted by molar-refractivity contribution is -0.132. The van der Waals surface area contributed by atoms with Crippen LogP contribution in [0.2, 0.25) is 0 Å². The van der Waals surface area contributed by atoms with Crippen molar-refractivity contribution in [2.45, 2.75) is 18.9 Å². The molecule has 0 bridgehead atoms. The molecule has 3 heterocycles. The largest absolute Gasteiger partial charge is 0.384 e. The molecule has 0 unspecified atom stereocenters. The van der Waals surface area contributed by atoms with E-state index in [-0.39, 0.29) is 11.8 Å². The summed E-state index contributed by atoms with van der Waals surface area (Å²) in [6, 6.07) is 2.01. The zero-order valence-electron chi connectivity index (χ0n) is 12.3. The quantitative estimate of drug-likeness (QED) is 0.865. The third-order valence-electron chi connectivity index (χ3n) is 3.97. The second kappa shape index (κ2) is 5.99. The molecule has 2 aromatic rings. The molecule has 0 saturated heterocycles. The van der Waals surface area contributed by atoms with Crippen molar-refractivity contribution in [3.8, 4) is 0 Å². The van der Waals surface area contributed by atoms with Crippen molar-refractivity contribution in [2.24, 2.45) is 7.05 Å². The Balaban J connectivity index is 1.78. The molecule has 21 heavy (non-hydrogen) atoms. The standard InChI is InChI=1S/C15H19N3O2S/c1-17-14-8-18(15(19)5-11-3-4-21-10-11)7-12(9-20-2)13(14)6-16-17/h3-4,6,10,12H,5,7-9H2,1-2H3/t12-/m1/s1. The van der Waals surface area contributed by atoms with E-state index in [1.807, 2.05) is 39.7 Å². The van der Waals surface area contributed by atoms with Gasteiger partial charge in [-0.3, -0.25) is 9.48 Å². The predicted octanol–water partition coefficient (Wildman–Crippen LogP) is 1.80. The molecule has 5 nitrogen and oxygen atoms in total. The second-order valence-corrected chi connectivity index (χ2v) is 6.19. The minimum absolute atomic E-state index is 0.168. The first-order valence-corrected chi connectivity index (χ1v) is 7.92. The molecule has 2 aromatic heterocycles. The molecule has 1 aliphatic heterocycles. The molecule has 6 heteroatoms. The van der Waals surface area contributed by atoms with Crippen molar-refractivity contribution in [3.63, 3.8) is 0 Å². The molecule has 0 aliphatic carbocycles. The van der Waals surface area contributed by atoms with Crippen LogP contribution in [0.4, 0.5) is 0 Å². The highest BCUT2D eigenvalue weighted by Crippen LogP contribution is 2.28. The Bertz CT molecular complexity index is 621. The number of carbonyl (C=O) groups is 1. The summed E-state index contributed by atoms with van der Waals surface area (Å²) < 4.78 is 7.17. The normalized spacial score (nSPS) is 17.8. The van der Waals surface area contributed by atoms with Gasteiger partial charge in [-0.25, -0.2) is 0 Å². The van der Waals surface area contributed by atoms with E-state index in [0.29, 0.717) is 26.1 Å². The molecule has 0 spiro atoms. The maximum absolute atomic E-state index is 12.5. The van der Waals surface area contributed by atoms with Crippen LogP contribution in [-0.4, -0.2) is 40.8 Å². The lowest BCUT2D eigenvalue weighted by Crippen LogP contribution is -2.40. The summed E-state index contributed by atoms with van der Waals surface area (Å²) in [5.41, 5.74) is 3.41. The van der Waals surface area contributed by atoms with E-state index < -0.39 is 0 Å². The monoisotopic (exact) mass is 305 g/mol. The Kier molecular flexibility index (Phi) is 4.07. The van der Waals surface area contributed by atoms with Crippen LogP contribution in [0.25, 0.3) is 0 Å². The van der Waals surface area contributed by atoms with Crippen LogP contribution in [-0.2, 0) is 29.5 Å². The van der Waals surface area contributed by atoms with Gasteiger partial charge in [-0.05, 0) is 22.4 Å². The van der Waals surface area contributed by atoms with E-state index in [2.05, 4.69) is 5.10 Å². The van der Waals surface area contributed by atoms with Gasteiger partial charge in [0.2, 0.25) is 5.91 Å². The van der Waals surface area contributed by atoms with Gasteiger partial charge in [0, 0.05) is 32.2 Å². The summed E-state index contributed by atoms with van der Waals surface area (Å²) in [5, 5.41) is 8.36. The Morgan fingerprint density at radius 2 is 2.43 bits per heavy atom. The van der Waals surface area contributed by atoms with Crippen molar-refractivity contribution >= 4 is 17.2 Å². The van der Waals surface area contributed by atoms with E-state index >= 15 is 0 Å². The van der Waals surface area contributed by atoms with Crippen LogP contribution in [0.5, 0.6) is 0 Å². The van der Waals surface area contributed by atoms with E-state index in [0.717, 1.165) is 11.3 Å². The highest BCUT2D eigenvalue weighted by Gasteiger charge is 2.30. The highest BCUT2D eigenvalue weighted by atomic mass is 32.1. The average Bonchev–Trinajstić information content (AvgIpc) is 3.10. The van der Waals surface area contributed by atoms with Gasteiger partial charge < -0.3 is 9.64 Å². The van der Waals surface area contributed by atoms with Gasteiger partial charge in [0.15, 0.2) is 0 Å². The molecule has 0 saturated carbocycles. The number of carbonyl (C=O) groups excluding carboxylic acids is 1. The number of nitrogens with zero attached hydrogens (tertiary/aromatic N) is 3. The maximum atomic E-state index is 12.5. The molecular weight excluding hydrogens is 286 g/mol. The van der Waals surface area contributed by atoms with Crippen molar-refractivity contribution < 1.29 is 9.53 Å². The summed E-state index contributed by atoms with van der Waals surface area (Å²) in [7, 11) is 3.62. The molecule has 0 fully saturated rings. The summed E-state index contributed by atoms with van der Waals surface area (Å²) in [6.07, 6.45) is 2.37. The summed E-state index contributed by atoms with van der Waals surface area (Å²) in [6.45, 7) is 1.95. The predicted molar refractivity (Wildman–Crippen MR) is 81.3 cm³/mol. The first-order chi connectivity index (χ1) is 10.2. The van der Waals surface area contributed by atoms with E-state index in [9.17, 15) is 4.79 Å². The summed E-state index contributed by atoms with van der Waals surface area (Å²) in [5.74, 6) is 0.375. The number of hydrogen-bond acceptors (Lipinski definition) is 4. The number of rotatable bonds is 4. The van der Waals surface area contributed by atoms with Gasteiger partial charge in [-0.1, -0.05) is 0 Å². The molecule has 0 radical (unpaired) electrons. The molecule has 0 aromatic carbocycles. The van der Waals surface area contributed by atoms with E-state index in [4.69, 9.17) is 4.74 Å². The fraction of sp³-hybridized carbons (Fsp3) is 0.467. The molecule has 1 amide bonds. The van der Waals surface area contributed by atoms with Crippen LogP contribution in [0, 0.1) is 0 Å². The lowest BCUT2D eigenvalue weighted by Gasteiger charge is -2.32. The van der Waals surface area contributed by atoms with Crippen molar-refractivity contribution in [1.82, 2.24) is 14.7 Å². The Morgan fingerprint density at radius 3 is 3.14 bits per heavy atom. The molecular formula is C15H19N3O2S. The Morgan fingerprint density at radius 1 is 1.57 bits per heavy atom. The number of methoxy groups -OCH3 is 1. The van der Waals surface area contributed by atoms with Crippen molar-refractivity contribution in [3.05, 3.63) is 39.8 Å². The molecule has 1 atom stereocenters. The minimum Gasteiger partial charge on any atom is -0.384 e. The zero-order valence-corrected chi connectivity index (χ0v) is 13.1. The molecule has 0 N–H and O–H groups in total. The summed E-state index contributed by atoms with van der Waals surface area (Å²) >= 11 is 1.62. The summed E-state index contributed by atoms with van der Waals surface area (Å²) in [4.78, 5) is 14.4. The number of aryl methyl sites for hydroxylation is 1. The number of hydrogen-bond donors (Lipinski definition) is 0. The number of amides is 1. The number of fused-ring (bicyclic) bond motifs is 1. The van der Waals surface area contributed by atoms with Gasteiger partial charge in [-0.15, -0.1) is 0 Å². The van der Waals surface area contributed by atoms with Crippen molar-refractivity contribution in [2.75, 3.05) is 20.3 Å². The van der Waals surface area contributed by atoms with Crippen LogP contribution >= 0.6 is 11.3 Å². The van der Waals surface area contributed by atoms with Crippen molar-refractivity contribution in [1.29, 1.82) is 0 Å². The first kappa shape index (κ1) is 14.3. The first-order valence-electron chi connectivity index (χ1n) is 6.97. The van der Waals surface area contributed by atoms with Crippen LogP contribution in [0.1, 0.15) is 22.7 Å². The van der Waals surface area contributed by atoms with Crippen LogP contribution in [0.3, 0.4) is 0 Å². The minimum atomic E-state index is 0.168. The van der Waals surface area contributed by atoms with Gasteiger partial charge in [0.25, 0.3) is 0 Å². The third-order valence-corrected chi connectivity index (χ3v) is 4.70. The van der Waals surface area contributed by atoms with Gasteiger partial charge in [-0.2, -0.15) is 16.4 Å². The number of aromatic nitrogens is 2. The fourth-order valence-corrected chi connectivity index (χ4v) is 3.51. The third kappa shape index (κ3) is 2.87. The molecule has 1 aliphatic rings. The number of ether oxygens (including phenoxy) is 1. The lowest BCUT2D eigenvalue weighted by atomic mass is 9.95. The average molecular weight is 305 g/mol.